The van der Waals surface area contributed by atoms with Crippen LogP contribution in [0.15, 0.2) is 29.2 Å². The van der Waals surface area contributed by atoms with Gasteiger partial charge in [-0.2, -0.15) is 0 Å². The molecule has 0 fully saturated rings. The zero-order chi connectivity index (χ0) is 21.4. The molecule has 0 heterocycles. The van der Waals surface area contributed by atoms with Crippen LogP contribution in [0.25, 0.3) is 0 Å². The highest BCUT2D eigenvalue weighted by atomic mass is 32.2. The van der Waals surface area contributed by atoms with Gasteiger partial charge in [0.2, 0.25) is 10.0 Å². The molecule has 0 saturated heterocycles. The van der Waals surface area contributed by atoms with Gasteiger partial charge in [0.15, 0.2) is 0 Å². The van der Waals surface area contributed by atoms with Crippen molar-refractivity contribution in [3.8, 4) is 0 Å². The smallest absolute Gasteiger partial charge is 0.303 e. The second-order valence-electron chi connectivity index (χ2n) is 7.71. The summed E-state index contributed by atoms with van der Waals surface area (Å²) in [6.45, 7) is 0.471. The van der Waals surface area contributed by atoms with Crippen LogP contribution in [-0.4, -0.2) is 26.0 Å². The third kappa shape index (κ3) is 13.3. The number of anilines is 1. The number of hydrogen-bond donors (Lipinski definition) is 3. The average Bonchev–Trinajstić information content (AvgIpc) is 2.67. The molecule has 0 aliphatic heterocycles. The SMILES string of the molecule is Nc1ccc(S(=O)(=O)NCCCCCCCCCCCCCCCC(=O)O)cc1. The fraction of sp³-hybridized carbons (Fsp3) is 0.682. The summed E-state index contributed by atoms with van der Waals surface area (Å²) < 4.78 is 26.9. The van der Waals surface area contributed by atoms with Crippen LogP contribution in [0.2, 0.25) is 0 Å². The lowest BCUT2D eigenvalue weighted by atomic mass is 10.0. The number of aliphatic carboxylic acids is 1. The standard InChI is InChI=1S/C22H38N2O4S/c23-20-15-17-21(18-16-20)29(27,28)24-19-13-11-9-7-5-3-1-2-4-6-8-10-12-14-22(25)26/h15-18,24H,1-14,19,23H2,(H,25,26). The minimum Gasteiger partial charge on any atom is -0.481 e. The monoisotopic (exact) mass is 426 g/mol. The summed E-state index contributed by atoms with van der Waals surface area (Å²) in [7, 11) is -3.43. The van der Waals surface area contributed by atoms with Crippen molar-refractivity contribution in [2.75, 3.05) is 12.3 Å². The van der Waals surface area contributed by atoms with E-state index in [2.05, 4.69) is 4.72 Å². The molecule has 0 bridgehead atoms. The number of hydrogen-bond acceptors (Lipinski definition) is 4. The van der Waals surface area contributed by atoms with Crippen molar-refractivity contribution < 1.29 is 18.3 Å². The van der Waals surface area contributed by atoms with E-state index in [4.69, 9.17) is 10.8 Å². The Morgan fingerprint density at radius 1 is 0.759 bits per heavy atom. The van der Waals surface area contributed by atoms with Gasteiger partial charge in [-0.05, 0) is 37.1 Å². The van der Waals surface area contributed by atoms with E-state index in [1.807, 2.05) is 0 Å². The van der Waals surface area contributed by atoms with Gasteiger partial charge in [-0.3, -0.25) is 4.79 Å². The molecule has 29 heavy (non-hydrogen) atoms. The molecular formula is C22H38N2O4S. The van der Waals surface area contributed by atoms with E-state index < -0.39 is 16.0 Å². The highest BCUT2D eigenvalue weighted by Crippen LogP contribution is 2.14. The summed E-state index contributed by atoms with van der Waals surface area (Å²) >= 11 is 0. The Bertz CT molecular complexity index is 660. The van der Waals surface area contributed by atoms with Gasteiger partial charge in [0.05, 0.1) is 4.90 Å². The number of benzene rings is 1. The van der Waals surface area contributed by atoms with Crippen LogP contribution in [0.4, 0.5) is 5.69 Å². The molecule has 0 aliphatic carbocycles. The molecule has 0 aromatic heterocycles. The lowest BCUT2D eigenvalue weighted by molar-refractivity contribution is -0.137. The number of carbonyl (C=O) groups is 1. The average molecular weight is 427 g/mol. The first-order valence-electron chi connectivity index (χ1n) is 11.0. The first kappa shape index (κ1) is 25.4. The van der Waals surface area contributed by atoms with E-state index in [0.29, 0.717) is 18.7 Å². The van der Waals surface area contributed by atoms with Crippen molar-refractivity contribution in [3.63, 3.8) is 0 Å². The van der Waals surface area contributed by atoms with E-state index in [1.165, 1.54) is 57.1 Å². The quantitative estimate of drug-likeness (QED) is 0.224. The maximum absolute atomic E-state index is 12.1. The molecule has 0 atom stereocenters. The number of carboxylic acid groups (broad SMARTS) is 1. The molecule has 0 unspecified atom stereocenters. The summed E-state index contributed by atoms with van der Waals surface area (Å²) in [5.74, 6) is -0.690. The van der Waals surface area contributed by atoms with Crippen molar-refractivity contribution in [3.05, 3.63) is 24.3 Å². The van der Waals surface area contributed by atoms with Crippen LogP contribution < -0.4 is 10.5 Å². The second kappa shape index (κ2) is 15.3. The van der Waals surface area contributed by atoms with Crippen LogP contribution in [0.5, 0.6) is 0 Å². The van der Waals surface area contributed by atoms with Gasteiger partial charge in [-0.15, -0.1) is 0 Å². The molecule has 4 N–H and O–H groups in total. The van der Waals surface area contributed by atoms with Crippen LogP contribution >= 0.6 is 0 Å². The minimum absolute atomic E-state index is 0.256. The number of nitrogens with one attached hydrogen (secondary N) is 1. The second-order valence-corrected chi connectivity index (χ2v) is 9.47. The summed E-state index contributed by atoms with van der Waals surface area (Å²) in [6, 6.07) is 6.24. The predicted octanol–water partition coefficient (Wildman–Crippen LogP) is 5.09. The van der Waals surface area contributed by atoms with Crippen molar-refractivity contribution in [1.82, 2.24) is 4.72 Å². The van der Waals surface area contributed by atoms with E-state index in [0.717, 1.165) is 38.5 Å². The topological polar surface area (TPSA) is 109 Å². The normalized spacial score (nSPS) is 11.6. The highest BCUT2D eigenvalue weighted by Gasteiger charge is 2.12. The van der Waals surface area contributed by atoms with E-state index >= 15 is 0 Å². The van der Waals surface area contributed by atoms with Crippen molar-refractivity contribution >= 4 is 21.7 Å². The molecule has 7 heteroatoms. The van der Waals surface area contributed by atoms with Crippen LogP contribution in [0, 0.1) is 0 Å². The zero-order valence-electron chi connectivity index (χ0n) is 17.6. The number of rotatable bonds is 18. The first-order valence-corrected chi connectivity index (χ1v) is 12.5. The lowest BCUT2D eigenvalue weighted by Gasteiger charge is -2.07. The van der Waals surface area contributed by atoms with Gasteiger partial charge >= 0.3 is 5.97 Å². The Morgan fingerprint density at radius 2 is 1.17 bits per heavy atom. The molecule has 0 spiro atoms. The molecular weight excluding hydrogens is 388 g/mol. The minimum atomic E-state index is -3.43. The maximum atomic E-state index is 12.1. The Hall–Kier alpha value is -1.60. The fourth-order valence-electron chi connectivity index (χ4n) is 3.28. The van der Waals surface area contributed by atoms with E-state index in [9.17, 15) is 13.2 Å². The van der Waals surface area contributed by atoms with E-state index in [1.54, 1.807) is 12.1 Å². The number of nitrogens with two attached hydrogens (primary N) is 1. The Labute approximate surface area is 176 Å². The van der Waals surface area contributed by atoms with Gasteiger partial charge in [-0.25, -0.2) is 13.1 Å². The predicted molar refractivity (Wildman–Crippen MR) is 118 cm³/mol. The zero-order valence-corrected chi connectivity index (χ0v) is 18.4. The Kier molecular flexibility index (Phi) is 13.4. The lowest BCUT2D eigenvalue weighted by Crippen LogP contribution is -2.24. The molecule has 1 aromatic carbocycles. The fourth-order valence-corrected chi connectivity index (χ4v) is 4.36. The number of nitrogen functional groups attached to an aromatic ring is 1. The molecule has 6 nitrogen and oxygen atoms in total. The summed E-state index contributed by atoms with van der Waals surface area (Å²) in [6.07, 6.45) is 15.1. The molecule has 0 radical (unpaired) electrons. The number of carboxylic acids is 1. The number of unbranched alkanes of at least 4 members (excludes halogenated alkanes) is 12. The third-order valence-electron chi connectivity index (χ3n) is 5.05. The molecule has 0 saturated carbocycles. The molecule has 1 rings (SSSR count). The van der Waals surface area contributed by atoms with Gasteiger partial charge in [0.25, 0.3) is 0 Å². The van der Waals surface area contributed by atoms with Crippen LogP contribution in [0.1, 0.15) is 89.9 Å². The largest absolute Gasteiger partial charge is 0.481 e. The number of sulfonamides is 1. The van der Waals surface area contributed by atoms with E-state index in [-0.39, 0.29) is 4.90 Å². The van der Waals surface area contributed by atoms with Gasteiger partial charge in [-0.1, -0.05) is 70.6 Å². The molecule has 1 aromatic rings. The van der Waals surface area contributed by atoms with Crippen molar-refractivity contribution in [2.24, 2.45) is 0 Å². The Morgan fingerprint density at radius 3 is 1.62 bits per heavy atom. The van der Waals surface area contributed by atoms with Crippen molar-refractivity contribution in [1.29, 1.82) is 0 Å². The molecule has 166 valence electrons. The Balaban J connectivity index is 1.88. The van der Waals surface area contributed by atoms with Gasteiger partial charge in [0.1, 0.15) is 0 Å². The molecule has 0 aliphatic rings. The van der Waals surface area contributed by atoms with Crippen LogP contribution in [-0.2, 0) is 14.8 Å². The van der Waals surface area contributed by atoms with Gasteiger partial charge in [0, 0.05) is 18.7 Å². The summed E-state index contributed by atoms with van der Waals surface area (Å²) in [5, 5.41) is 8.57. The summed E-state index contributed by atoms with van der Waals surface area (Å²) in [4.78, 5) is 10.7. The molecule has 0 amide bonds. The van der Waals surface area contributed by atoms with Gasteiger partial charge < -0.3 is 10.8 Å². The van der Waals surface area contributed by atoms with Crippen molar-refractivity contribution in [2.45, 2.75) is 94.8 Å². The first-order chi connectivity index (χ1) is 13.9. The summed E-state index contributed by atoms with van der Waals surface area (Å²) in [5.41, 5.74) is 6.14. The third-order valence-corrected chi connectivity index (χ3v) is 6.53. The van der Waals surface area contributed by atoms with Crippen LogP contribution in [0.3, 0.4) is 0 Å². The maximum Gasteiger partial charge on any atom is 0.303 e. The highest BCUT2D eigenvalue weighted by molar-refractivity contribution is 7.89.